The Balaban J connectivity index is 1.96. The summed E-state index contributed by atoms with van der Waals surface area (Å²) >= 11 is 0. The Morgan fingerprint density at radius 1 is 1.11 bits per heavy atom. The molecule has 1 N–H and O–H groups in total. The van der Waals surface area contributed by atoms with E-state index in [0.29, 0.717) is 5.92 Å². The van der Waals surface area contributed by atoms with Crippen LogP contribution >= 0.6 is 0 Å². The van der Waals surface area contributed by atoms with Gasteiger partial charge < -0.3 is 5.11 Å². The molecule has 2 aliphatic carbocycles. The van der Waals surface area contributed by atoms with Crippen molar-refractivity contribution in [2.24, 2.45) is 11.8 Å². The van der Waals surface area contributed by atoms with Crippen LogP contribution in [0.25, 0.3) is 0 Å². The molecule has 1 heteroatoms. The van der Waals surface area contributed by atoms with Gasteiger partial charge in [-0.2, -0.15) is 0 Å². The van der Waals surface area contributed by atoms with Crippen LogP contribution < -0.4 is 0 Å². The maximum absolute atomic E-state index is 9.40. The smallest absolute Gasteiger partial charge is 0.0571 e. The van der Waals surface area contributed by atoms with Gasteiger partial charge in [-0.3, -0.25) is 0 Å². The summed E-state index contributed by atoms with van der Waals surface area (Å²) in [5.74, 6) is 1.63. The number of rotatable bonds is 0. The third kappa shape index (κ3) is 0.983. The summed E-state index contributed by atoms with van der Waals surface area (Å²) in [6, 6.07) is 0. The molecule has 0 heterocycles. The second-order valence-corrected chi connectivity index (χ2v) is 3.51. The van der Waals surface area contributed by atoms with E-state index in [-0.39, 0.29) is 6.10 Å². The van der Waals surface area contributed by atoms with Crippen LogP contribution in [0.4, 0.5) is 0 Å². The molecule has 2 saturated carbocycles. The van der Waals surface area contributed by atoms with E-state index in [1.807, 2.05) is 0 Å². The van der Waals surface area contributed by atoms with Crippen molar-refractivity contribution in [3.8, 4) is 0 Å². The molecule has 52 valence electrons. The molecule has 3 atom stereocenters. The fourth-order valence-electron chi connectivity index (χ4n) is 2.05. The first kappa shape index (κ1) is 5.72. The van der Waals surface area contributed by atoms with Gasteiger partial charge >= 0.3 is 0 Å². The standard InChI is InChI=1S/C8H14O/c9-8-4-2-1-3-6-5-7(6)8/h6-9H,1-5H2/t6-,7+,8-/m1/s1. The van der Waals surface area contributed by atoms with Crippen LogP contribution in [0.2, 0.25) is 0 Å². The molecule has 2 aliphatic rings. The van der Waals surface area contributed by atoms with Crippen molar-refractivity contribution in [2.75, 3.05) is 0 Å². The zero-order chi connectivity index (χ0) is 6.27. The van der Waals surface area contributed by atoms with Gasteiger partial charge in [-0.1, -0.05) is 19.3 Å². The molecule has 0 aromatic carbocycles. The summed E-state index contributed by atoms with van der Waals surface area (Å²) in [7, 11) is 0. The minimum Gasteiger partial charge on any atom is -0.393 e. The molecule has 0 aromatic rings. The molecule has 0 radical (unpaired) electrons. The van der Waals surface area contributed by atoms with Gasteiger partial charge in [0.1, 0.15) is 0 Å². The van der Waals surface area contributed by atoms with Gasteiger partial charge in [0.25, 0.3) is 0 Å². The van der Waals surface area contributed by atoms with E-state index in [9.17, 15) is 5.11 Å². The topological polar surface area (TPSA) is 20.2 Å². The van der Waals surface area contributed by atoms with E-state index in [4.69, 9.17) is 0 Å². The molecule has 1 nitrogen and oxygen atoms in total. The van der Waals surface area contributed by atoms with Crippen molar-refractivity contribution in [3.63, 3.8) is 0 Å². The molecule has 2 fully saturated rings. The van der Waals surface area contributed by atoms with E-state index in [0.717, 1.165) is 12.3 Å². The van der Waals surface area contributed by atoms with Crippen molar-refractivity contribution >= 4 is 0 Å². The minimum atomic E-state index is 0.0671. The van der Waals surface area contributed by atoms with Gasteiger partial charge in [0, 0.05) is 0 Å². The van der Waals surface area contributed by atoms with E-state index in [1.54, 1.807) is 0 Å². The highest BCUT2D eigenvalue weighted by molar-refractivity contribution is 4.92. The number of fused-ring (bicyclic) bond motifs is 1. The quantitative estimate of drug-likeness (QED) is 0.522. The van der Waals surface area contributed by atoms with Crippen molar-refractivity contribution in [3.05, 3.63) is 0 Å². The van der Waals surface area contributed by atoms with Gasteiger partial charge in [-0.15, -0.1) is 0 Å². The van der Waals surface area contributed by atoms with Crippen LogP contribution in [0.3, 0.4) is 0 Å². The largest absolute Gasteiger partial charge is 0.393 e. The van der Waals surface area contributed by atoms with E-state index in [2.05, 4.69) is 0 Å². The van der Waals surface area contributed by atoms with Crippen molar-refractivity contribution in [1.29, 1.82) is 0 Å². The van der Waals surface area contributed by atoms with Crippen molar-refractivity contribution < 1.29 is 5.11 Å². The molecule has 0 unspecified atom stereocenters. The summed E-state index contributed by atoms with van der Waals surface area (Å²) in [4.78, 5) is 0. The SMILES string of the molecule is O[C@@H]1CCCC[C@@H]2C[C@@H]21. The summed E-state index contributed by atoms with van der Waals surface area (Å²) < 4.78 is 0. The van der Waals surface area contributed by atoms with E-state index in [1.165, 1.54) is 25.7 Å². The zero-order valence-electron chi connectivity index (χ0n) is 5.71. The second-order valence-electron chi connectivity index (χ2n) is 3.51. The lowest BCUT2D eigenvalue weighted by atomic mass is 10.1. The van der Waals surface area contributed by atoms with Crippen LogP contribution in [0, 0.1) is 11.8 Å². The van der Waals surface area contributed by atoms with Gasteiger partial charge in [0.2, 0.25) is 0 Å². The molecule has 9 heavy (non-hydrogen) atoms. The zero-order valence-corrected chi connectivity index (χ0v) is 5.71. The van der Waals surface area contributed by atoms with Gasteiger partial charge in [-0.25, -0.2) is 0 Å². The molecule has 0 aromatic heterocycles. The average Bonchev–Trinajstić information content (AvgIpc) is 2.55. The number of aliphatic hydroxyl groups excluding tert-OH is 1. The number of aliphatic hydroxyl groups is 1. The van der Waals surface area contributed by atoms with Crippen LogP contribution in [0.5, 0.6) is 0 Å². The number of hydrogen-bond acceptors (Lipinski definition) is 1. The van der Waals surface area contributed by atoms with E-state index < -0.39 is 0 Å². The van der Waals surface area contributed by atoms with Crippen molar-refractivity contribution in [2.45, 2.75) is 38.2 Å². The van der Waals surface area contributed by atoms with Crippen LogP contribution in [0.15, 0.2) is 0 Å². The van der Waals surface area contributed by atoms with Gasteiger partial charge in [-0.05, 0) is 24.7 Å². The normalized spacial score (nSPS) is 49.7. The van der Waals surface area contributed by atoms with Crippen LogP contribution in [0.1, 0.15) is 32.1 Å². The molecule has 0 bridgehead atoms. The highest BCUT2D eigenvalue weighted by Crippen LogP contribution is 2.47. The Bertz CT molecular complexity index is 111. The Kier molecular flexibility index (Phi) is 1.26. The summed E-state index contributed by atoms with van der Waals surface area (Å²) in [5, 5.41) is 9.40. The Hall–Kier alpha value is -0.0400. The maximum Gasteiger partial charge on any atom is 0.0571 e. The molecular formula is C8H14O. The Morgan fingerprint density at radius 3 is 2.78 bits per heavy atom. The molecule has 2 rings (SSSR count). The predicted octanol–water partition coefficient (Wildman–Crippen LogP) is 1.56. The molecule has 0 saturated heterocycles. The Labute approximate surface area is 56.1 Å². The van der Waals surface area contributed by atoms with Gasteiger partial charge in [0.15, 0.2) is 0 Å². The number of hydrogen-bond donors (Lipinski definition) is 1. The van der Waals surface area contributed by atoms with Crippen molar-refractivity contribution in [1.82, 2.24) is 0 Å². The minimum absolute atomic E-state index is 0.0671. The third-order valence-electron chi connectivity index (χ3n) is 2.80. The molecule has 0 aliphatic heterocycles. The first-order valence-corrected chi connectivity index (χ1v) is 4.06. The highest BCUT2D eigenvalue weighted by atomic mass is 16.3. The maximum atomic E-state index is 9.40. The molecular weight excluding hydrogens is 112 g/mol. The average molecular weight is 126 g/mol. The summed E-state index contributed by atoms with van der Waals surface area (Å²) in [5.41, 5.74) is 0. The lowest BCUT2D eigenvalue weighted by molar-refractivity contribution is 0.139. The first-order chi connectivity index (χ1) is 4.38. The lowest BCUT2D eigenvalue weighted by Crippen LogP contribution is -2.07. The second kappa shape index (κ2) is 1.98. The molecule has 0 spiro atoms. The van der Waals surface area contributed by atoms with Gasteiger partial charge in [0.05, 0.1) is 6.10 Å². The summed E-state index contributed by atoms with van der Waals surface area (Å²) in [6.07, 6.45) is 6.47. The molecule has 0 amide bonds. The van der Waals surface area contributed by atoms with Crippen LogP contribution in [-0.4, -0.2) is 11.2 Å². The van der Waals surface area contributed by atoms with E-state index >= 15 is 0 Å². The Morgan fingerprint density at radius 2 is 1.89 bits per heavy atom. The monoisotopic (exact) mass is 126 g/mol. The first-order valence-electron chi connectivity index (χ1n) is 4.06. The third-order valence-corrected chi connectivity index (χ3v) is 2.80. The predicted molar refractivity (Wildman–Crippen MR) is 36.1 cm³/mol. The fourth-order valence-corrected chi connectivity index (χ4v) is 2.05. The fraction of sp³-hybridized carbons (Fsp3) is 1.00. The van der Waals surface area contributed by atoms with Crippen LogP contribution in [-0.2, 0) is 0 Å². The lowest BCUT2D eigenvalue weighted by Gasteiger charge is -2.04. The highest BCUT2D eigenvalue weighted by Gasteiger charge is 2.42. The summed E-state index contributed by atoms with van der Waals surface area (Å²) in [6.45, 7) is 0.